The Morgan fingerprint density at radius 2 is 2.17 bits per heavy atom. The van der Waals surface area contributed by atoms with Crippen LogP contribution >= 0.6 is 0 Å². The molecule has 1 rings (SSSR count). The monoisotopic (exact) mass is 167 g/mol. The summed E-state index contributed by atoms with van der Waals surface area (Å²) < 4.78 is 0. The maximum atomic E-state index is 8.82. The van der Waals surface area contributed by atoms with Crippen molar-refractivity contribution >= 4 is 5.95 Å². The van der Waals surface area contributed by atoms with Crippen molar-refractivity contribution in [3.05, 3.63) is 17.5 Å². The maximum absolute atomic E-state index is 8.82. The summed E-state index contributed by atoms with van der Waals surface area (Å²) in [7, 11) is 0. The molecule has 0 fully saturated rings. The lowest BCUT2D eigenvalue weighted by Gasteiger charge is -2.06. The standard InChI is InChI=1S/C8H13N3O/c1-5(2)7-3-6(4-12)10-8(9)11-7/h3,5,12H,4H2,1-2H3,(H2,9,10,11). The molecular weight excluding hydrogens is 154 g/mol. The van der Waals surface area contributed by atoms with E-state index in [4.69, 9.17) is 10.8 Å². The molecule has 0 aliphatic heterocycles. The first-order valence-electron chi connectivity index (χ1n) is 3.87. The number of aliphatic hydroxyl groups is 1. The fourth-order valence-electron chi connectivity index (χ4n) is 0.916. The molecule has 12 heavy (non-hydrogen) atoms. The van der Waals surface area contributed by atoms with Crippen LogP contribution in [0.1, 0.15) is 31.2 Å². The zero-order chi connectivity index (χ0) is 9.14. The highest BCUT2D eigenvalue weighted by molar-refractivity contribution is 5.23. The second kappa shape index (κ2) is 3.49. The van der Waals surface area contributed by atoms with Gasteiger partial charge in [-0.2, -0.15) is 0 Å². The van der Waals surface area contributed by atoms with Gasteiger partial charge in [-0.3, -0.25) is 0 Å². The first-order valence-corrected chi connectivity index (χ1v) is 3.87. The van der Waals surface area contributed by atoms with Gasteiger partial charge in [0.05, 0.1) is 12.3 Å². The number of nitrogen functional groups attached to an aromatic ring is 1. The van der Waals surface area contributed by atoms with E-state index in [1.807, 2.05) is 13.8 Å². The van der Waals surface area contributed by atoms with Crippen LogP contribution in [0.2, 0.25) is 0 Å². The quantitative estimate of drug-likeness (QED) is 0.679. The van der Waals surface area contributed by atoms with Crippen LogP contribution in [0.3, 0.4) is 0 Å². The highest BCUT2D eigenvalue weighted by Gasteiger charge is 2.04. The van der Waals surface area contributed by atoms with Crippen molar-refractivity contribution in [2.45, 2.75) is 26.4 Å². The van der Waals surface area contributed by atoms with Gasteiger partial charge in [0.15, 0.2) is 0 Å². The van der Waals surface area contributed by atoms with E-state index < -0.39 is 0 Å². The zero-order valence-electron chi connectivity index (χ0n) is 7.28. The third kappa shape index (κ3) is 1.92. The minimum atomic E-state index is -0.0908. The number of hydrogen-bond acceptors (Lipinski definition) is 4. The zero-order valence-corrected chi connectivity index (χ0v) is 7.28. The Bertz CT molecular complexity index is 273. The summed E-state index contributed by atoms with van der Waals surface area (Å²) in [5, 5.41) is 8.82. The number of nitrogens with zero attached hydrogens (tertiary/aromatic N) is 2. The van der Waals surface area contributed by atoms with Gasteiger partial charge in [0.2, 0.25) is 5.95 Å². The van der Waals surface area contributed by atoms with E-state index in [1.165, 1.54) is 0 Å². The lowest BCUT2D eigenvalue weighted by Crippen LogP contribution is -2.04. The van der Waals surface area contributed by atoms with Gasteiger partial charge in [-0.25, -0.2) is 9.97 Å². The van der Waals surface area contributed by atoms with Gasteiger partial charge < -0.3 is 10.8 Å². The average molecular weight is 167 g/mol. The lowest BCUT2D eigenvalue weighted by atomic mass is 10.1. The molecule has 66 valence electrons. The molecule has 0 bridgehead atoms. The summed E-state index contributed by atoms with van der Waals surface area (Å²) in [6.07, 6.45) is 0. The molecular formula is C8H13N3O. The number of nitrogens with two attached hydrogens (primary N) is 1. The Balaban J connectivity index is 3.06. The van der Waals surface area contributed by atoms with Gasteiger partial charge in [0.1, 0.15) is 0 Å². The molecule has 0 aliphatic carbocycles. The molecule has 0 amide bonds. The Labute approximate surface area is 71.5 Å². The van der Waals surface area contributed by atoms with Crippen LogP contribution in [-0.2, 0) is 6.61 Å². The Kier molecular flexibility index (Phi) is 2.60. The van der Waals surface area contributed by atoms with Gasteiger partial charge in [-0.1, -0.05) is 13.8 Å². The van der Waals surface area contributed by atoms with E-state index >= 15 is 0 Å². The van der Waals surface area contributed by atoms with Crippen molar-refractivity contribution in [1.82, 2.24) is 9.97 Å². The molecule has 4 heteroatoms. The molecule has 1 heterocycles. The van der Waals surface area contributed by atoms with Crippen LogP contribution < -0.4 is 5.73 Å². The van der Waals surface area contributed by atoms with Crippen LogP contribution in [0.5, 0.6) is 0 Å². The minimum absolute atomic E-state index is 0.0908. The van der Waals surface area contributed by atoms with Crippen molar-refractivity contribution in [1.29, 1.82) is 0 Å². The minimum Gasteiger partial charge on any atom is -0.390 e. The van der Waals surface area contributed by atoms with Gasteiger partial charge in [0.25, 0.3) is 0 Å². The molecule has 3 N–H and O–H groups in total. The SMILES string of the molecule is CC(C)c1cc(CO)nc(N)n1. The number of hydrogen-bond donors (Lipinski definition) is 2. The fraction of sp³-hybridized carbons (Fsp3) is 0.500. The van der Waals surface area contributed by atoms with Crippen molar-refractivity contribution in [3.63, 3.8) is 0 Å². The molecule has 0 saturated heterocycles. The van der Waals surface area contributed by atoms with E-state index in [1.54, 1.807) is 6.07 Å². The van der Waals surface area contributed by atoms with Crippen molar-refractivity contribution < 1.29 is 5.11 Å². The van der Waals surface area contributed by atoms with Crippen LogP contribution in [0.15, 0.2) is 6.07 Å². The normalized spacial score (nSPS) is 10.7. The summed E-state index contributed by atoms with van der Waals surface area (Å²) in [6, 6.07) is 1.76. The molecule has 0 atom stereocenters. The summed E-state index contributed by atoms with van der Waals surface area (Å²) in [5.74, 6) is 0.533. The predicted octanol–water partition coefficient (Wildman–Crippen LogP) is 0.675. The topological polar surface area (TPSA) is 72.0 Å². The highest BCUT2D eigenvalue weighted by Crippen LogP contribution is 2.13. The van der Waals surface area contributed by atoms with E-state index in [0.29, 0.717) is 11.6 Å². The van der Waals surface area contributed by atoms with E-state index in [2.05, 4.69) is 9.97 Å². The molecule has 0 radical (unpaired) electrons. The van der Waals surface area contributed by atoms with E-state index in [0.717, 1.165) is 5.69 Å². The van der Waals surface area contributed by atoms with Crippen molar-refractivity contribution in [2.24, 2.45) is 0 Å². The van der Waals surface area contributed by atoms with Gasteiger partial charge >= 0.3 is 0 Å². The molecule has 0 spiro atoms. The number of rotatable bonds is 2. The second-order valence-electron chi connectivity index (χ2n) is 2.96. The van der Waals surface area contributed by atoms with Gasteiger partial charge in [0, 0.05) is 5.69 Å². The first-order chi connectivity index (χ1) is 5.63. The van der Waals surface area contributed by atoms with Gasteiger partial charge in [-0.05, 0) is 12.0 Å². The number of aliphatic hydroxyl groups excluding tert-OH is 1. The second-order valence-corrected chi connectivity index (χ2v) is 2.96. The Hall–Kier alpha value is -1.16. The summed E-state index contributed by atoms with van der Waals surface area (Å²) in [4.78, 5) is 7.89. The average Bonchev–Trinajstić information content (AvgIpc) is 2.03. The summed E-state index contributed by atoms with van der Waals surface area (Å²) >= 11 is 0. The Morgan fingerprint density at radius 3 is 2.67 bits per heavy atom. The molecule has 0 aromatic carbocycles. The lowest BCUT2D eigenvalue weighted by molar-refractivity contribution is 0.276. The summed E-state index contributed by atoms with van der Waals surface area (Å²) in [5.41, 5.74) is 6.88. The predicted molar refractivity (Wildman–Crippen MR) is 46.5 cm³/mol. The van der Waals surface area contributed by atoms with Crippen molar-refractivity contribution in [3.8, 4) is 0 Å². The fourth-order valence-corrected chi connectivity index (χ4v) is 0.916. The summed E-state index contributed by atoms with van der Waals surface area (Å²) in [6.45, 7) is 3.94. The van der Waals surface area contributed by atoms with Crippen LogP contribution in [-0.4, -0.2) is 15.1 Å². The highest BCUT2D eigenvalue weighted by atomic mass is 16.3. The molecule has 0 saturated carbocycles. The first kappa shape index (κ1) is 8.93. The molecule has 0 aliphatic rings. The smallest absolute Gasteiger partial charge is 0.220 e. The third-order valence-corrected chi connectivity index (χ3v) is 1.57. The largest absolute Gasteiger partial charge is 0.390 e. The molecule has 1 aromatic heterocycles. The molecule has 0 unspecified atom stereocenters. The van der Waals surface area contributed by atoms with E-state index in [9.17, 15) is 0 Å². The third-order valence-electron chi connectivity index (χ3n) is 1.57. The molecule has 1 aromatic rings. The number of aromatic nitrogens is 2. The van der Waals surface area contributed by atoms with Crippen molar-refractivity contribution in [2.75, 3.05) is 5.73 Å². The van der Waals surface area contributed by atoms with Crippen LogP contribution in [0.4, 0.5) is 5.95 Å². The van der Waals surface area contributed by atoms with E-state index in [-0.39, 0.29) is 12.6 Å². The van der Waals surface area contributed by atoms with Gasteiger partial charge in [-0.15, -0.1) is 0 Å². The maximum Gasteiger partial charge on any atom is 0.220 e. The molecule has 4 nitrogen and oxygen atoms in total. The number of anilines is 1. The van der Waals surface area contributed by atoms with Crippen LogP contribution in [0.25, 0.3) is 0 Å². The Morgan fingerprint density at radius 1 is 1.50 bits per heavy atom. The van der Waals surface area contributed by atoms with Crippen LogP contribution in [0, 0.1) is 0 Å².